The number of hydrogen-bond acceptors (Lipinski definition) is 0. The summed E-state index contributed by atoms with van der Waals surface area (Å²) in [6.45, 7) is 0. The molecular weight excluding hydrogens is 639 g/mol. The highest BCUT2D eigenvalue weighted by Gasteiger charge is 2.19. The van der Waals surface area contributed by atoms with Gasteiger partial charge in [-0.05, 0) is 119 Å². The number of nitrogens with zero attached hydrogens (tertiary/aromatic N) is 1. The van der Waals surface area contributed by atoms with Crippen molar-refractivity contribution >= 4 is 64.9 Å². The molecule has 1 aromatic heterocycles. The molecule has 0 spiro atoms. The summed E-state index contributed by atoms with van der Waals surface area (Å²) < 4.78 is 2.39. The Bertz CT molecular complexity index is 3160. The lowest BCUT2D eigenvalue weighted by molar-refractivity contribution is 1.18. The summed E-state index contributed by atoms with van der Waals surface area (Å²) in [7, 11) is 0. The molecule has 1 nitrogen and oxygen atoms in total. The van der Waals surface area contributed by atoms with E-state index in [0.717, 1.165) is 5.69 Å². The second-order valence-electron chi connectivity index (χ2n) is 14.1. The largest absolute Gasteiger partial charge is 0.309 e. The Morgan fingerprint density at radius 1 is 0.245 bits per heavy atom. The molecule has 0 atom stereocenters. The monoisotopic (exact) mass is 671 g/mol. The van der Waals surface area contributed by atoms with Crippen LogP contribution in [0.2, 0.25) is 0 Å². The van der Waals surface area contributed by atoms with Crippen molar-refractivity contribution in [1.29, 1.82) is 0 Å². The minimum atomic E-state index is 1.16. The Balaban J connectivity index is 1.17. The molecule has 1 heteroatoms. The summed E-state index contributed by atoms with van der Waals surface area (Å²) in [6, 6.07) is 73.7. The highest BCUT2D eigenvalue weighted by molar-refractivity contribution is 6.22. The third-order valence-electron chi connectivity index (χ3n) is 11.1. The molecule has 0 N–H and O–H groups in total. The summed E-state index contributed by atoms with van der Waals surface area (Å²) in [5.41, 5.74) is 11.0. The first-order valence-corrected chi connectivity index (χ1v) is 18.3. The van der Waals surface area contributed by atoms with Crippen LogP contribution in [0.5, 0.6) is 0 Å². The Kier molecular flexibility index (Phi) is 6.62. The van der Waals surface area contributed by atoms with E-state index in [-0.39, 0.29) is 0 Å². The number of fused-ring (bicyclic) bond motifs is 7. The molecule has 0 saturated heterocycles. The maximum absolute atomic E-state index is 2.42. The third kappa shape index (κ3) is 4.71. The standard InChI is InChI=1S/C52H33N/c1-3-13-37-31-39(23-21-34(37)11-1)40-27-30-47-48(33-40)52(41-24-22-35-12-2-4-14-38(35)32-41)46-18-6-5-17-45(46)51(47)36-25-28-42(29-26-36)53-49-19-9-7-15-43(49)44-16-8-10-20-50(44)53/h1-33H. The molecule has 0 fully saturated rings. The number of rotatable bonds is 4. The van der Waals surface area contributed by atoms with Crippen LogP contribution in [-0.4, -0.2) is 4.57 Å². The SMILES string of the molecule is c1ccc2cc(-c3ccc4c(-c5ccc(-n6c7ccccc7c7ccccc76)cc5)c5ccccc5c(-c5ccc6ccccc6c5)c4c3)ccc2c1. The number of benzene rings is 10. The fraction of sp³-hybridized carbons (Fsp3) is 0. The van der Waals surface area contributed by atoms with E-state index in [0.29, 0.717) is 0 Å². The highest BCUT2D eigenvalue weighted by Crippen LogP contribution is 2.46. The third-order valence-corrected chi connectivity index (χ3v) is 11.1. The second kappa shape index (κ2) is 11.8. The highest BCUT2D eigenvalue weighted by atomic mass is 15.0. The zero-order chi connectivity index (χ0) is 34.9. The van der Waals surface area contributed by atoms with E-state index in [1.807, 2.05) is 0 Å². The van der Waals surface area contributed by atoms with E-state index < -0.39 is 0 Å². The Morgan fingerprint density at radius 3 is 1.28 bits per heavy atom. The fourth-order valence-corrected chi connectivity index (χ4v) is 8.67. The van der Waals surface area contributed by atoms with Crippen LogP contribution in [0.1, 0.15) is 0 Å². The normalized spacial score (nSPS) is 11.8. The molecule has 246 valence electrons. The van der Waals surface area contributed by atoms with Gasteiger partial charge in [-0.3, -0.25) is 0 Å². The molecule has 0 aliphatic carbocycles. The molecule has 11 rings (SSSR count). The lowest BCUT2D eigenvalue weighted by atomic mass is 9.84. The van der Waals surface area contributed by atoms with Crippen LogP contribution in [0.3, 0.4) is 0 Å². The summed E-state index contributed by atoms with van der Waals surface area (Å²) in [6.07, 6.45) is 0. The van der Waals surface area contributed by atoms with Crippen LogP contribution >= 0.6 is 0 Å². The van der Waals surface area contributed by atoms with Crippen LogP contribution in [0.4, 0.5) is 0 Å². The lowest BCUT2D eigenvalue weighted by Crippen LogP contribution is -1.95. The smallest absolute Gasteiger partial charge is 0.0541 e. The van der Waals surface area contributed by atoms with Gasteiger partial charge in [0.25, 0.3) is 0 Å². The predicted octanol–water partition coefficient (Wildman–Crippen LogP) is 14.4. The average Bonchev–Trinajstić information content (AvgIpc) is 3.57. The molecule has 0 unspecified atom stereocenters. The van der Waals surface area contributed by atoms with E-state index in [2.05, 4.69) is 205 Å². The minimum Gasteiger partial charge on any atom is -0.309 e. The predicted molar refractivity (Wildman–Crippen MR) is 227 cm³/mol. The maximum atomic E-state index is 2.42. The van der Waals surface area contributed by atoms with E-state index >= 15 is 0 Å². The van der Waals surface area contributed by atoms with Gasteiger partial charge in [-0.1, -0.05) is 158 Å². The van der Waals surface area contributed by atoms with E-state index in [1.54, 1.807) is 0 Å². The van der Waals surface area contributed by atoms with Crippen molar-refractivity contribution in [1.82, 2.24) is 4.57 Å². The lowest BCUT2D eigenvalue weighted by Gasteiger charge is -2.19. The quantitative estimate of drug-likeness (QED) is 0.164. The van der Waals surface area contributed by atoms with Crippen molar-refractivity contribution in [2.24, 2.45) is 0 Å². The molecule has 0 bridgehead atoms. The molecule has 0 radical (unpaired) electrons. The Morgan fingerprint density at radius 2 is 0.660 bits per heavy atom. The molecule has 11 aromatic rings. The van der Waals surface area contributed by atoms with Crippen molar-refractivity contribution in [3.8, 4) is 39.1 Å². The first kappa shape index (κ1) is 29.7. The summed E-state index contributed by atoms with van der Waals surface area (Å²) in [5.74, 6) is 0. The van der Waals surface area contributed by atoms with Gasteiger partial charge in [-0.25, -0.2) is 0 Å². The summed E-state index contributed by atoms with van der Waals surface area (Å²) in [5, 5.41) is 12.6. The molecule has 0 aliphatic rings. The molecule has 10 aromatic carbocycles. The number of hydrogen-bond donors (Lipinski definition) is 0. The molecule has 53 heavy (non-hydrogen) atoms. The fourth-order valence-electron chi connectivity index (χ4n) is 8.67. The minimum absolute atomic E-state index is 1.16. The van der Waals surface area contributed by atoms with Gasteiger partial charge in [0, 0.05) is 16.5 Å². The van der Waals surface area contributed by atoms with Crippen molar-refractivity contribution in [2.75, 3.05) is 0 Å². The van der Waals surface area contributed by atoms with Gasteiger partial charge in [0.2, 0.25) is 0 Å². The summed E-state index contributed by atoms with van der Waals surface area (Å²) in [4.78, 5) is 0. The van der Waals surface area contributed by atoms with E-state index in [4.69, 9.17) is 0 Å². The second-order valence-corrected chi connectivity index (χ2v) is 14.1. The van der Waals surface area contributed by atoms with Crippen molar-refractivity contribution < 1.29 is 0 Å². The van der Waals surface area contributed by atoms with Crippen LogP contribution < -0.4 is 0 Å². The van der Waals surface area contributed by atoms with E-state index in [9.17, 15) is 0 Å². The zero-order valence-corrected chi connectivity index (χ0v) is 29.0. The van der Waals surface area contributed by atoms with Crippen molar-refractivity contribution in [3.05, 3.63) is 200 Å². The molecule has 0 amide bonds. The van der Waals surface area contributed by atoms with Crippen LogP contribution in [0.15, 0.2) is 200 Å². The van der Waals surface area contributed by atoms with Crippen molar-refractivity contribution in [2.45, 2.75) is 0 Å². The van der Waals surface area contributed by atoms with Gasteiger partial charge in [0.05, 0.1) is 11.0 Å². The van der Waals surface area contributed by atoms with Gasteiger partial charge in [0.15, 0.2) is 0 Å². The average molecular weight is 672 g/mol. The summed E-state index contributed by atoms with van der Waals surface area (Å²) >= 11 is 0. The molecule has 0 saturated carbocycles. The number of aromatic nitrogens is 1. The van der Waals surface area contributed by atoms with Crippen LogP contribution in [0.25, 0.3) is 104 Å². The van der Waals surface area contributed by atoms with Gasteiger partial charge in [-0.2, -0.15) is 0 Å². The van der Waals surface area contributed by atoms with Gasteiger partial charge in [-0.15, -0.1) is 0 Å². The van der Waals surface area contributed by atoms with E-state index in [1.165, 1.54) is 98.3 Å². The molecule has 0 aliphatic heterocycles. The van der Waals surface area contributed by atoms with Gasteiger partial charge in [0.1, 0.15) is 0 Å². The first-order chi connectivity index (χ1) is 26.3. The number of para-hydroxylation sites is 2. The Hall–Kier alpha value is -6.96. The zero-order valence-electron chi connectivity index (χ0n) is 29.0. The van der Waals surface area contributed by atoms with Gasteiger partial charge < -0.3 is 4.57 Å². The van der Waals surface area contributed by atoms with Crippen LogP contribution in [0, 0.1) is 0 Å². The van der Waals surface area contributed by atoms with Crippen molar-refractivity contribution in [3.63, 3.8) is 0 Å². The molecular formula is C52H33N. The maximum Gasteiger partial charge on any atom is 0.0541 e. The molecule has 1 heterocycles. The van der Waals surface area contributed by atoms with Crippen LogP contribution in [-0.2, 0) is 0 Å². The first-order valence-electron chi connectivity index (χ1n) is 18.3. The Labute approximate surface area is 307 Å². The van der Waals surface area contributed by atoms with Gasteiger partial charge >= 0.3 is 0 Å². The topological polar surface area (TPSA) is 4.93 Å².